The second-order valence-corrected chi connectivity index (χ2v) is 9.97. The van der Waals surface area contributed by atoms with Gasteiger partial charge in [0, 0.05) is 13.1 Å². The van der Waals surface area contributed by atoms with E-state index in [0.29, 0.717) is 0 Å². The maximum absolute atomic E-state index is 14.6. The first-order valence-electron chi connectivity index (χ1n) is 9.84. The maximum atomic E-state index is 14.6. The summed E-state index contributed by atoms with van der Waals surface area (Å²) in [4.78, 5) is 17.0. The van der Waals surface area contributed by atoms with E-state index in [9.17, 15) is 4.89 Å². The van der Waals surface area contributed by atoms with E-state index in [4.69, 9.17) is 0 Å². The first kappa shape index (κ1) is 17.7. The average molecular weight is 389 g/mol. The van der Waals surface area contributed by atoms with Crippen molar-refractivity contribution >= 4 is 24.5 Å². The van der Waals surface area contributed by atoms with E-state index in [0.717, 1.165) is 49.4 Å². The smallest absolute Gasteiger partial charge is 0.166 e. The second kappa shape index (κ2) is 7.21. The third-order valence-electron chi connectivity index (χ3n) is 5.72. The van der Waals surface area contributed by atoms with Gasteiger partial charge in [0.2, 0.25) is 0 Å². The van der Waals surface area contributed by atoms with Crippen molar-refractivity contribution in [1.82, 2.24) is 4.67 Å². The lowest BCUT2D eigenvalue weighted by Gasteiger charge is -2.39. The highest BCUT2D eigenvalue weighted by molar-refractivity contribution is 7.76. The molecule has 0 amide bonds. The Balaban J connectivity index is 1.58. The largest absolute Gasteiger partial charge is 0.642 e. The molecule has 2 aliphatic heterocycles. The van der Waals surface area contributed by atoms with Gasteiger partial charge in [-0.2, -0.15) is 4.67 Å². The van der Waals surface area contributed by atoms with Crippen molar-refractivity contribution in [2.45, 2.75) is 6.54 Å². The number of anilines is 2. The van der Waals surface area contributed by atoms with Crippen LogP contribution in [-0.4, -0.2) is 30.8 Å². The molecule has 2 heterocycles. The van der Waals surface area contributed by atoms with Crippen LogP contribution in [0.3, 0.4) is 0 Å². The maximum Gasteiger partial charge on any atom is 0.166 e. The predicted molar refractivity (Wildman–Crippen MR) is 116 cm³/mol. The van der Waals surface area contributed by atoms with E-state index in [2.05, 4.69) is 68.8 Å². The Kier molecular flexibility index (Phi) is 4.56. The third-order valence-corrected chi connectivity index (χ3v) is 8.97. The topological polar surface area (TPSA) is 32.8 Å². The molecule has 0 saturated carbocycles. The normalized spacial score (nSPS) is 21.9. The zero-order valence-corrected chi connectivity index (χ0v) is 16.7. The minimum Gasteiger partial charge on any atom is -0.642 e. The summed E-state index contributed by atoms with van der Waals surface area (Å²) < 4.78 is 4.35. The number of fused-ring (bicyclic) bond motifs is 3. The summed E-state index contributed by atoms with van der Waals surface area (Å²) in [5, 5.41) is 0.963. The predicted octanol–water partition coefficient (Wildman–Crippen LogP) is 3.28. The minimum atomic E-state index is -2.86. The van der Waals surface area contributed by atoms with Crippen LogP contribution >= 0.6 is 7.79 Å². The number of para-hydroxylation sites is 2. The highest BCUT2D eigenvalue weighted by Crippen LogP contribution is 2.62. The fourth-order valence-corrected chi connectivity index (χ4v) is 7.54. The van der Waals surface area contributed by atoms with Gasteiger partial charge in [-0.05, 0) is 29.8 Å². The quantitative estimate of drug-likeness (QED) is 0.644. The van der Waals surface area contributed by atoms with Crippen molar-refractivity contribution in [2.24, 2.45) is 0 Å². The van der Waals surface area contributed by atoms with Crippen molar-refractivity contribution in [3.05, 3.63) is 90.5 Å². The lowest BCUT2D eigenvalue weighted by molar-refractivity contribution is -0.176. The van der Waals surface area contributed by atoms with Gasteiger partial charge in [-0.1, -0.05) is 60.7 Å². The lowest BCUT2D eigenvalue weighted by atomic mass is 10.2. The molecule has 5 rings (SSSR count). The Labute approximate surface area is 167 Å². The fourth-order valence-electron chi connectivity index (χ4n) is 4.35. The summed E-state index contributed by atoms with van der Waals surface area (Å²) in [5.74, 6) is 0. The zero-order chi connectivity index (χ0) is 19.0. The van der Waals surface area contributed by atoms with Crippen molar-refractivity contribution in [1.29, 1.82) is 0 Å². The molecule has 4 nitrogen and oxygen atoms in total. The van der Waals surface area contributed by atoms with Crippen LogP contribution in [0.4, 0.5) is 11.4 Å². The monoisotopic (exact) mass is 389 g/mol. The first-order chi connectivity index (χ1) is 13.8. The van der Waals surface area contributed by atoms with E-state index in [1.165, 1.54) is 5.56 Å². The molecule has 1 saturated heterocycles. The van der Waals surface area contributed by atoms with Crippen LogP contribution in [-0.2, 0) is 6.54 Å². The van der Waals surface area contributed by atoms with Crippen LogP contribution in [0, 0.1) is 0 Å². The molecule has 0 bridgehead atoms. The Hall–Kier alpha value is -2.39. The molecule has 0 radical (unpaired) electrons. The second-order valence-electron chi connectivity index (χ2n) is 7.35. The van der Waals surface area contributed by atoms with Gasteiger partial charge in [0.1, 0.15) is 0 Å². The molecule has 1 unspecified atom stereocenters. The number of hydrogen-bond donors (Lipinski definition) is 0. The number of hydrogen-bond acceptors (Lipinski definition) is 4. The number of nitrogens with zero attached hydrogens (tertiary/aromatic N) is 3. The standard InChI is InChI=1S/C23H24N3OP/c27-28-23-14-8-7-13-22(23)24(19-20-9-3-1-4-10-20)15-16-25(28)17-18-26(28)21-11-5-2-6-12-21/h1-14H,15-19H2. The van der Waals surface area contributed by atoms with E-state index in [-0.39, 0.29) is 0 Å². The SMILES string of the molecule is [O-][P+]12c3ccccc3N(Cc3ccccc3)CCN1CCN2c1ccccc1. The molecule has 0 N–H and O–H groups in total. The van der Waals surface area contributed by atoms with E-state index in [1.54, 1.807) is 0 Å². The molecule has 0 aliphatic carbocycles. The molecule has 1 atom stereocenters. The summed E-state index contributed by atoms with van der Waals surface area (Å²) in [6, 6.07) is 29.0. The van der Waals surface area contributed by atoms with Crippen molar-refractivity contribution in [3.8, 4) is 0 Å². The highest BCUT2D eigenvalue weighted by atomic mass is 31.2. The van der Waals surface area contributed by atoms with Gasteiger partial charge in [-0.25, -0.2) is 4.67 Å². The number of benzene rings is 3. The van der Waals surface area contributed by atoms with Crippen LogP contribution in [0.25, 0.3) is 0 Å². The first-order valence-corrected chi connectivity index (χ1v) is 11.4. The van der Waals surface area contributed by atoms with Crippen LogP contribution in [0.5, 0.6) is 0 Å². The summed E-state index contributed by atoms with van der Waals surface area (Å²) in [7, 11) is -2.86. The van der Waals surface area contributed by atoms with Gasteiger partial charge in [-0.3, -0.25) is 0 Å². The molecule has 3 aromatic carbocycles. The van der Waals surface area contributed by atoms with Crippen molar-refractivity contribution < 1.29 is 4.89 Å². The zero-order valence-electron chi connectivity index (χ0n) is 15.8. The van der Waals surface area contributed by atoms with Crippen LogP contribution in [0.15, 0.2) is 84.9 Å². The molecule has 5 heteroatoms. The van der Waals surface area contributed by atoms with Gasteiger partial charge in [0.25, 0.3) is 0 Å². The Morgan fingerprint density at radius 2 is 1.36 bits per heavy atom. The van der Waals surface area contributed by atoms with Crippen LogP contribution < -0.4 is 19.8 Å². The molecular weight excluding hydrogens is 365 g/mol. The van der Waals surface area contributed by atoms with Gasteiger partial charge in [0.05, 0.1) is 31.0 Å². The van der Waals surface area contributed by atoms with Gasteiger partial charge in [-0.15, -0.1) is 0 Å². The van der Waals surface area contributed by atoms with E-state index >= 15 is 0 Å². The van der Waals surface area contributed by atoms with E-state index < -0.39 is 7.79 Å². The van der Waals surface area contributed by atoms with Gasteiger partial charge >= 0.3 is 0 Å². The highest BCUT2D eigenvalue weighted by Gasteiger charge is 2.52. The number of rotatable bonds is 3. The molecule has 28 heavy (non-hydrogen) atoms. The summed E-state index contributed by atoms with van der Waals surface area (Å²) >= 11 is 0. The van der Waals surface area contributed by atoms with Gasteiger partial charge < -0.3 is 9.79 Å². The Morgan fingerprint density at radius 3 is 2.14 bits per heavy atom. The molecule has 0 spiro atoms. The minimum absolute atomic E-state index is 0.800. The Morgan fingerprint density at radius 1 is 0.714 bits per heavy atom. The Bertz CT molecular complexity index is 952. The van der Waals surface area contributed by atoms with Crippen molar-refractivity contribution in [3.63, 3.8) is 0 Å². The summed E-state index contributed by atoms with van der Waals surface area (Å²) in [6.45, 7) is 4.14. The molecule has 2 aliphatic rings. The van der Waals surface area contributed by atoms with Gasteiger partial charge in [0.15, 0.2) is 13.1 Å². The summed E-state index contributed by atoms with van der Waals surface area (Å²) in [6.07, 6.45) is 0. The van der Waals surface area contributed by atoms with E-state index in [1.807, 2.05) is 30.3 Å². The molecule has 0 aromatic heterocycles. The molecular formula is C23H24N3OP. The molecule has 142 valence electrons. The van der Waals surface area contributed by atoms with Crippen LogP contribution in [0.1, 0.15) is 5.56 Å². The average Bonchev–Trinajstić information content (AvgIpc) is 3.04. The van der Waals surface area contributed by atoms with Crippen LogP contribution in [0.2, 0.25) is 0 Å². The molecule has 1 fully saturated rings. The third kappa shape index (κ3) is 2.89. The fraction of sp³-hybridized carbons (Fsp3) is 0.217. The van der Waals surface area contributed by atoms with Crippen molar-refractivity contribution in [2.75, 3.05) is 35.7 Å². The summed E-state index contributed by atoms with van der Waals surface area (Å²) in [5.41, 5.74) is 3.41. The molecule has 3 aromatic rings. The lowest BCUT2D eigenvalue weighted by Crippen LogP contribution is -2.40.